The predicted molar refractivity (Wildman–Crippen MR) is 86.6 cm³/mol. The zero-order chi connectivity index (χ0) is 17.4. The monoisotopic (exact) mass is 347 g/mol. The third-order valence-electron chi connectivity index (χ3n) is 4.91. The van der Waals surface area contributed by atoms with Gasteiger partial charge in [-0.1, -0.05) is 18.2 Å². The SMILES string of the molecule is O=C1c2cc(COc3ccccc3)nn2CCN1C[C@H]1CCC1(F)F. The van der Waals surface area contributed by atoms with Gasteiger partial charge in [0, 0.05) is 25.4 Å². The molecule has 25 heavy (non-hydrogen) atoms. The number of rotatable bonds is 5. The molecule has 1 fully saturated rings. The number of nitrogens with zero attached hydrogens (tertiary/aromatic N) is 3. The summed E-state index contributed by atoms with van der Waals surface area (Å²) in [5.41, 5.74) is 1.10. The summed E-state index contributed by atoms with van der Waals surface area (Å²) in [4.78, 5) is 14.1. The highest BCUT2D eigenvalue weighted by Gasteiger charge is 2.49. The maximum atomic E-state index is 13.5. The van der Waals surface area contributed by atoms with Crippen LogP contribution in [0.3, 0.4) is 0 Å². The van der Waals surface area contributed by atoms with Gasteiger partial charge in [0.2, 0.25) is 0 Å². The minimum Gasteiger partial charge on any atom is -0.487 e. The van der Waals surface area contributed by atoms with Crippen LogP contribution in [-0.4, -0.2) is 39.6 Å². The highest BCUT2D eigenvalue weighted by Crippen LogP contribution is 2.43. The first kappa shape index (κ1) is 16.1. The highest BCUT2D eigenvalue weighted by atomic mass is 19.3. The average molecular weight is 347 g/mol. The van der Waals surface area contributed by atoms with Crippen molar-refractivity contribution in [2.45, 2.75) is 31.9 Å². The van der Waals surface area contributed by atoms with Gasteiger partial charge in [-0.2, -0.15) is 5.10 Å². The van der Waals surface area contributed by atoms with Gasteiger partial charge in [-0.05, 0) is 24.6 Å². The average Bonchev–Trinajstić information content (AvgIpc) is 3.03. The molecule has 0 spiro atoms. The van der Waals surface area contributed by atoms with Crippen LogP contribution in [0.5, 0.6) is 5.75 Å². The molecule has 0 unspecified atom stereocenters. The third-order valence-corrected chi connectivity index (χ3v) is 4.91. The molecule has 1 atom stereocenters. The van der Waals surface area contributed by atoms with Crippen molar-refractivity contribution in [2.24, 2.45) is 5.92 Å². The molecule has 0 radical (unpaired) electrons. The van der Waals surface area contributed by atoms with Gasteiger partial charge in [0.25, 0.3) is 11.8 Å². The molecule has 1 aliphatic carbocycles. The van der Waals surface area contributed by atoms with Gasteiger partial charge < -0.3 is 9.64 Å². The number of carbonyl (C=O) groups excluding carboxylic acids is 1. The maximum Gasteiger partial charge on any atom is 0.272 e. The Hall–Kier alpha value is -2.44. The second kappa shape index (κ2) is 6.13. The number of amides is 1. The van der Waals surface area contributed by atoms with Crippen molar-refractivity contribution in [3.63, 3.8) is 0 Å². The van der Waals surface area contributed by atoms with E-state index < -0.39 is 11.8 Å². The summed E-state index contributed by atoms with van der Waals surface area (Å²) >= 11 is 0. The van der Waals surface area contributed by atoms with Crippen LogP contribution in [0, 0.1) is 5.92 Å². The molecule has 2 heterocycles. The zero-order valence-electron chi connectivity index (χ0n) is 13.7. The molecule has 5 nitrogen and oxygen atoms in total. The number of alkyl halides is 2. The molecule has 0 N–H and O–H groups in total. The van der Waals surface area contributed by atoms with Crippen molar-refractivity contribution in [3.8, 4) is 5.75 Å². The van der Waals surface area contributed by atoms with Crippen molar-refractivity contribution in [1.29, 1.82) is 0 Å². The zero-order valence-corrected chi connectivity index (χ0v) is 13.7. The largest absolute Gasteiger partial charge is 0.487 e. The Balaban J connectivity index is 1.42. The van der Waals surface area contributed by atoms with E-state index in [1.807, 2.05) is 30.3 Å². The lowest BCUT2D eigenvalue weighted by Crippen LogP contribution is -2.50. The first-order valence-electron chi connectivity index (χ1n) is 8.44. The number of fused-ring (bicyclic) bond motifs is 1. The molecule has 4 rings (SSSR count). The van der Waals surface area contributed by atoms with Crippen molar-refractivity contribution >= 4 is 5.91 Å². The van der Waals surface area contributed by atoms with Gasteiger partial charge in [-0.3, -0.25) is 9.48 Å². The molecule has 1 saturated carbocycles. The van der Waals surface area contributed by atoms with Gasteiger partial charge in [0.05, 0.1) is 6.54 Å². The number of para-hydroxylation sites is 1. The van der Waals surface area contributed by atoms with Crippen LogP contribution in [0.1, 0.15) is 29.0 Å². The minimum absolute atomic E-state index is 0.0708. The number of hydrogen-bond acceptors (Lipinski definition) is 3. The standard InChI is InChI=1S/C18H19F2N3O2/c19-18(20)7-6-13(18)11-22-8-9-23-16(17(22)24)10-14(21-23)12-25-15-4-2-1-3-5-15/h1-5,10,13H,6-9,11-12H2/t13-/m1/s1. The predicted octanol–water partition coefficient (Wildman–Crippen LogP) is 2.96. The summed E-state index contributed by atoms with van der Waals surface area (Å²) in [5.74, 6) is -2.85. The van der Waals surface area contributed by atoms with E-state index in [9.17, 15) is 13.6 Å². The van der Waals surface area contributed by atoms with Gasteiger partial charge in [0.15, 0.2) is 0 Å². The van der Waals surface area contributed by atoms with Gasteiger partial charge >= 0.3 is 0 Å². The summed E-state index contributed by atoms with van der Waals surface area (Å²) in [6.07, 6.45) is 0.408. The number of benzene rings is 1. The summed E-state index contributed by atoms with van der Waals surface area (Å²) in [5, 5.41) is 4.39. The van der Waals surface area contributed by atoms with Crippen molar-refractivity contribution in [2.75, 3.05) is 13.1 Å². The molecule has 1 aliphatic heterocycles. The molecule has 2 aliphatic rings. The molecule has 0 bridgehead atoms. The molecule has 0 saturated heterocycles. The summed E-state index contributed by atoms with van der Waals surface area (Å²) in [7, 11) is 0. The van der Waals surface area contributed by atoms with Crippen LogP contribution < -0.4 is 4.74 Å². The molecule has 132 valence electrons. The molecular weight excluding hydrogens is 328 g/mol. The number of aromatic nitrogens is 2. The first-order chi connectivity index (χ1) is 12.0. The van der Waals surface area contributed by atoms with Crippen LogP contribution in [0.4, 0.5) is 8.78 Å². The second-order valence-corrected chi connectivity index (χ2v) is 6.59. The molecule has 2 aromatic rings. The minimum atomic E-state index is -2.63. The van der Waals surface area contributed by atoms with E-state index in [-0.39, 0.29) is 25.5 Å². The van der Waals surface area contributed by atoms with E-state index in [4.69, 9.17) is 4.74 Å². The normalized spacial score (nSPS) is 21.6. The van der Waals surface area contributed by atoms with Crippen molar-refractivity contribution in [3.05, 3.63) is 47.8 Å². The van der Waals surface area contributed by atoms with Gasteiger partial charge in [-0.25, -0.2) is 8.78 Å². The van der Waals surface area contributed by atoms with Crippen LogP contribution in [-0.2, 0) is 13.2 Å². The molecule has 1 aromatic carbocycles. The summed E-state index contributed by atoms with van der Waals surface area (Å²) in [6, 6.07) is 11.1. The fourth-order valence-corrected chi connectivity index (χ4v) is 3.27. The lowest BCUT2D eigenvalue weighted by Gasteiger charge is -2.40. The van der Waals surface area contributed by atoms with E-state index >= 15 is 0 Å². The van der Waals surface area contributed by atoms with Gasteiger partial charge in [-0.15, -0.1) is 0 Å². The van der Waals surface area contributed by atoms with Gasteiger partial charge in [0.1, 0.15) is 23.7 Å². The topological polar surface area (TPSA) is 47.4 Å². The Morgan fingerprint density at radius 3 is 2.72 bits per heavy atom. The van der Waals surface area contributed by atoms with Crippen molar-refractivity contribution < 1.29 is 18.3 Å². The van der Waals surface area contributed by atoms with Crippen LogP contribution in [0.15, 0.2) is 36.4 Å². The fraction of sp³-hybridized carbons (Fsp3) is 0.444. The van der Waals surface area contributed by atoms with Crippen molar-refractivity contribution in [1.82, 2.24) is 14.7 Å². The summed E-state index contributed by atoms with van der Waals surface area (Å²) < 4.78 is 34.2. The van der Waals surface area contributed by atoms with E-state index in [0.29, 0.717) is 30.9 Å². The lowest BCUT2D eigenvalue weighted by atomic mass is 9.80. The number of halogens is 2. The Kier molecular flexibility index (Phi) is 3.94. The maximum absolute atomic E-state index is 13.5. The Morgan fingerprint density at radius 2 is 2.04 bits per heavy atom. The Bertz CT molecular complexity index is 776. The van der Waals surface area contributed by atoms with E-state index in [1.54, 1.807) is 10.7 Å². The number of carbonyl (C=O) groups is 1. The molecule has 1 aromatic heterocycles. The highest BCUT2D eigenvalue weighted by molar-refractivity contribution is 5.93. The van der Waals surface area contributed by atoms with E-state index in [2.05, 4.69) is 5.10 Å². The molecule has 7 heteroatoms. The van der Waals surface area contributed by atoms with Crippen LogP contribution >= 0.6 is 0 Å². The van der Waals surface area contributed by atoms with E-state index in [1.165, 1.54) is 4.90 Å². The van der Waals surface area contributed by atoms with E-state index in [0.717, 1.165) is 5.75 Å². The lowest BCUT2D eigenvalue weighted by molar-refractivity contribution is -0.137. The second-order valence-electron chi connectivity index (χ2n) is 6.59. The fourth-order valence-electron chi connectivity index (χ4n) is 3.27. The Labute approximate surface area is 144 Å². The molecule has 1 amide bonds. The third kappa shape index (κ3) is 3.10. The number of hydrogen-bond donors (Lipinski definition) is 0. The summed E-state index contributed by atoms with van der Waals surface area (Å²) in [6.45, 7) is 1.31. The first-order valence-corrected chi connectivity index (χ1v) is 8.44. The van der Waals surface area contributed by atoms with Crippen LogP contribution in [0.25, 0.3) is 0 Å². The number of ether oxygens (including phenoxy) is 1. The Morgan fingerprint density at radius 1 is 1.24 bits per heavy atom. The molecular formula is C18H19F2N3O2. The quantitative estimate of drug-likeness (QED) is 0.835. The van der Waals surface area contributed by atoms with Crippen LogP contribution in [0.2, 0.25) is 0 Å². The smallest absolute Gasteiger partial charge is 0.272 e.